The third kappa shape index (κ3) is 14.0. The Morgan fingerprint density at radius 3 is 2.10 bits per heavy atom. The van der Waals surface area contributed by atoms with E-state index in [1.807, 2.05) is 30.3 Å². The zero-order valence-electron chi connectivity index (χ0n) is 17.6. The summed E-state index contributed by atoms with van der Waals surface area (Å²) in [5.41, 5.74) is 0.388. The van der Waals surface area contributed by atoms with Crippen molar-refractivity contribution in [2.75, 3.05) is 19.6 Å². The number of hydrogen-bond donors (Lipinski definition) is 3. The summed E-state index contributed by atoms with van der Waals surface area (Å²) in [6.07, 6.45) is 1.73. The number of rotatable bonds is 11. The molecule has 0 radical (unpaired) electrons. The van der Waals surface area contributed by atoms with Gasteiger partial charge >= 0.3 is 12.2 Å². The lowest BCUT2D eigenvalue weighted by Gasteiger charge is -2.19. The normalized spacial score (nSPS) is 10.7. The topological polar surface area (TPSA) is 106 Å². The summed E-state index contributed by atoms with van der Waals surface area (Å²) in [4.78, 5) is 34.7. The van der Waals surface area contributed by atoms with Crippen molar-refractivity contribution in [1.29, 1.82) is 0 Å². The Hall–Kier alpha value is -2.77. The highest BCUT2D eigenvalue weighted by atomic mass is 16.6. The molecule has 0 aliphatic heterocycles. The number of carbonyl (C=O) groups excluding carboxylic acids is 3. The minimum atomic E-state index is -0.556. The standard InChI is InChI=1S/C21H33N3O5/c1-21(2,3)29-20(27)24-15-12-18(25)22-13-8-5-9-14-23-19(26)28-16-17-10-6-4-7-11-17/h4,6-7,10-11H,5,8-9,12-16H2,1-3H3,(H,22,25)(H,23,26)(H,24,27). The first-order valence-corrected chi connectivity index (χ1v) is 9.94. The summed E-state index contributed by atoms with van der Waals surface area (Å²) < 4.78 is 10.2. The fourth-order valence-corrected chi connectivity index (χ4v) is 2.30. The molecular weight excluding hydrogens is 374 g/mol. The monoisotopic (exact) mass is 407 g/mol. The first-order chi connectivity index (χ1) is 13.8. The molecule has 8 nitrogen and oxygen atoms in total. The molecule has 0 aromatic heterocycles. The van der Waals surface area contributed by atoms with Gasteiger partial charge < -0.3 is 25.4 Å². The average molecular weight is 408 g/mol. The van der Waals surface area contributed by atoms with Crippen LogP contribution in [0.25, 0.3) is 0 Å². The van der Waals surface area contributed by atoms with Gasteiger partial charge in [-0.15, -0.1) is 0 Å². The summed E-state index contributed by atoms with van der Waals surface area (Å²) in [5, 5.41) is 8.05. The maximum Gasteiger partial charge on any atom is 0.407 e. The Kier molecular flexibility index (Phi) is 11.2. The van der Waals surface area contributed by atoms with Crippen LogP contribution in [0, 0.1) is 0 Å². The Balaban J connectivity index is 1.94. The van der Waals surface area contributed by atoms with Crippen molar-refractivity contribution in [3.8, 4) is 0 Å². The SMILES string of the molecule is CC(C)(C)OC(=O)NCCC(=O)NCCCCCNC(=O)OCc1ccccc1. The lowest BCUT2D eigenvalue weighted by molar-refractivity contribution is -0.120. The Bertz CT molecular complexity index is 629. The Morgan fingerprint density at radius 1 is 0.828 bits per heavy atom. The molecule has 3 N–H and O–H groups in total. The smallest absolute Gasteiger partial charge is 0.407 e. The predicted octanol–water partition coefficient (Wildman–Crippen LogP) is 3.11. The summed E-state index contributed by atoms with van der Waals surface area (Å²) in [6.45, 7) is 6.91. The minimum absolute atomic E-state index is 0.122. The first-order valence-electron chi connectivity index (χ1n) is 9.94. The van der Waals surface area contributed by atoms with Crippen molar-refractivity contribution in [3.05, 3.63) is 35.9 Å². The van der Waals surface area contributed by atoms with Gasteiger partial charge in [0.25, 0.3) is 0 Å². The molecule has 0 unspecified atom stereocenters. The van der Waals surface area contributed by atoms with E-state index in [1.54, 1.807) is 20.8 Å². The maximum atomic E-state index is 11.7. The second-order valence-corrected chi connectivity index (χ2v) is 7.58. The lowest BCUT2D eigenvalue weighted by atomic mass is 10.2. The highest BCUT2D eigenvalue weighted by Gasteiger charge is 2.15. The predicted molar refractivity (Wildman–Crippen MR) is 110 cm³/mol. The molecule has 1 aromatic rings. The van der Waals surface area contributed by atoms with Crippen LogP contribution in [0.1, 0.15) is 52.0 Å². The van der Waals surface area contributed by atoms with Gasteiger partial charge in [-0.1, -0.05) is 30.3 Å². The Morgan fingerprint density at radius 2 is 1.45 bits per heavy atom. The molecule has 8 heteroatoms. The molecule has 29 heavy (non-hydrogen) atoms. The molecule has 0 fully saturated rings. The molecule has 0 aliphatic rings. The van der Waals surface area contributed by atoms with Gasteiger partial charge in [0, 0.05) is 26.1 Å². The van der Waals surface area contributed by atoms with Gasteiger partial charge in [0.2, 0.25) is 5.91 Å². The van der Waals surface area contributed by atoms with Gasteiger partial charge in [0.1, 0.15) is 12.2 Å². The van der Waals surface area contributed by atoms with Crippen LogP contribution in [0.5, 0.6) is 0 Å². The highest BCUT2D eigenvalue weighted by Crippen LogP contribution is 2.06. The largest absolute Gasteiger partial charge is 0.445 e. The van der Waals surface area contributed by atoms with E-state index < -0.39 is 17.8 Å². The number of hydrogen-bond acceptors (Lipinski definition) is 5. The van der Waals surface area contributed by atoms with E-state index >= 15 is 0 Å². The van der Waals surface area contributed by atoms with Crippen LogP contribution in [0.2, 0.25) is 0 Å². The van der Waals surface area contributed by atoms with E-state index in [4.69, 9.17) is 9.47 Å². The molecular formula is C21H33N3O5. The number of alkyl carbamates (subject to hydrolysis) is 2. The molecule has 0 bridgehead atoms. The third-order valence-corrected chi connectivity index (χ3v) is 3.68. The van der Waals surface area contributed by atoms with Crippen molar-refractivity contribution in [1.82, 2.24) is 16.0 Å². The number of carbonyl (C=O) groups is 3. The van der Waals surface area contributed by atoms with Crippen LogP contribution in [-0.4, -0.2) is 43.3 Å². The molecule has 0 heterocycles. The van der Waals surface area contributed by atoms with Crippen molar-refractivity contribution in [2.24, 2.45) is 0 Å². The fraction of sp³-hybridized carbons (Fsp3) is 0.571. The van der Waals surface area contributed by atoms with Crippen molar-refractivity contribution < 1.29 is 23.9 Å². The molecule has 1 rings (SSSR count). The Labute approximate surface area is 172 Å². The highest BCUT2D eigenvalue weighted by molar-refractivity contribution is 5.77. The van der Waals surface area contributed by atoms with E-state index in [0.29, 0.717) is 13.1 Å². The van der Waals surface area contributed by atoms with Gasteiger partial charge in [0.15, 0.2) is 0 Å². The minimum Gasteiger partial charge on any atom is -0.445 e. The molecule has 1 aromatic carbocycles. The molecule has 0 saturated carbocycles. The zero-order chi connectivity index (χ0) is 21.5. The average Bonchev–Trinajstić information content (AvgIpc) is 2.65. The van der Waals surface area contributed by atoms with E-state index in [1.165, 1.54) is 0 Å². The number of unbranched alkanes of at least 4 members (excludes halogenated alkanes) is 2. The number of nitrogens with one attached hydrogen (secondary N) is 3. The van der Waals surface area contributed by atoms with E-state index in [2.05, 4.69) is 16.0 Å². The molecule has 3 amide bonds. The van der Waals surface area contributed by atoms with Crippen LogP contribution in [0.15, 0.2) is 30.3 Å². The van der Waals surface area contributed by atoms with Crippen LogP contribution in [0.4, 0.5) is 9.59 Å². The van der Waals surface area contributed by atoms with Crippen LogP contribution < -0.4 is 16.0 Å². The van der Waals surface area contributed by atoms with Crippen molar-refractivity contribution in [2.45, 2.75) is 58.7 Å². The van der Waals surface area contributed by atoms with Gasteiger partial charge in [-0.2, -0.15) is 0 Å². The second-order valence-electron chi connectivity index (χ2n) is 7.58. The fourth-order valence-electron chi connectivity index (χ4n) is 2.30. The van der Waals surface area contributed by atoms with Crippen molar-refractivity contribution >= 4 is 18.1 Å². The second kappa shape index (κ2) is 13.4. The summed E-state index contributed by atoms with van der Waals surface area (Å²) in [5.74, 6) is -0.122. The van der Waals surface area contributed by atoms with Crippen LogP contribution in [0.3, 0.4) is 0 Å². The molecule has 0 aliphatic carbocycles. The molecule has 0 spiro atoms. The summed E-state index contributed by atoms with van der Waals surface area (Å²) in [7, 11) is 0. The summed E-state index contributed by atoms with van der Waals surface area (Å²) in [6, 6.07) is 9.50. The van der Waals surface area contributed by atoms with Gasteiger partial charge in [0.05, 0.1) is 0 Å². The van der Waals surface area contributed by atoms with E-state index in [9.17, 15) is 14.4 Å². The lowest BCUT2D eigenvalue weighted by Crippen LogP contribution is -2.35. The third-order valence-electron chi connectivity index (χ3n) is 3.68. The van der Waals surface area contributed by atoms with Crippen molar-refractivity contribution in [3.63, 3.8) is 0 Å². The van der Waals surface area contributed by atoms with E-state index in [-0.39, 0.29) is 25.5 Å². The number of benzene rings is 1. The van der Waals surface area contributed by atoms with Crippen LogP contribution >= 0.6 is 0 Å². The maximum absolute atomic E-state index is 11.7. The van der Waals surface area contributed by atoms with Gasteiger partial charge in [-0.3, -0.25) is 4.79 Å². The first kappa shape index (κ1) is 24.3. The molecule has 0 atom stereocenters. The molecule has 0 saturated heterocycles. The van der Waals surface area contributed by atoms with Gasteiger partial charge in [-0.25, -0.2) is 9.59 Å². The van der Waals surface area contributed by atoms with Crippen LogP contribution in [-0.2, 0) is 20.9 Å². The number of ether oxygens (including phenoxy) is 2. The van der Waals surface area contributed by atoms with Gasteiger partial charge in [-0.05, 0) is 45.6 Å². The molecule has 162 valence electrons. The van der Waals surface area contributed by atoms with E-state index in [0.717, 1.165) is 24.8 Å². The quantitative estimate of drug-likeness (QED) is 0.489. The zero-order valence-corrected chi connectivity index (χ0v) is 17.6. The summed E-state index contributed by atoms with van der Waals surface area (Å²) >= 11 is 0. The number of amides is 3.